The van der Waals surface area contributed by atoms with Crippen molar-refractivity contribution in [3.05, 3.63) is 18.2 Å². The van der Waals surface area contributed by atoms with Gasteiger partial charge >= 0.3 is 0 Å². The van der Waals surface area contributed by atoms with Crippen molar-refractivity contribution in [2.24, 2.45) is 0 Å². The summed E-state index contributed by atoms with van der Waals surface area (Å²) in [6.45, 7) is 1.45. The van der Waals surface area contributed by atoms with Crippen molar-refractivity contribution in [1.82, 2.24) is 4.90 Å². The minimum atomic E-state index is -0.240. The summed E-state index contributed by atoms with van der Waals surface area (Å²) >= 11 is 0. The van der Waals surface area contributed by atoms with Crippen LogP contribution in [0.5, 0.6) is 11.5 Å². The monoisotopic (exact) mass is 276 g/mol. The first-order valence-electron chi connectivity index (χ1n) is 6.69. The van der Waals surface area contributed by atoms with E-state index in [-0.39, 0.29) is 30.7 Å². The number of phenolic OH excluding ortho intramolecular Hbond substituents is 1. The Bertz CT molecular complexity index is 552. The zero-order valence-electron chi connectivity index (χ0n) is 11.0. The lowest BCUT2D eigenvalue weighted by Crippen LogP contribution is -2.45. The van der Waals surface area contributed by atoms with Gasteiger partial charge in [-0.2, -0.15) is 0 Å². The molecule has 0 unspecified atom stereocenters. The van der Waals surface area contributed by atoms with Gasteiger partial charge in [0.25, 0.3) is 5.91 Å². The molecular formula is C14H16N2O4. The van der Waals surface area contributed by atoms with Crippen molar-refractivity contribution in [1.29, 1.82) is 0 Å². The molecule has 0 spiro atoms. The van der Waals surface area contributed by atoms with E-state index in [0.29, 0.717) is 11.4 Å². The number of aromatic hydroxyl groups is 1. The van der Waals surface area contributed by atoms with Crippen molar-refractivity contribution < 1.29 is 19.4 Å². The predicted octanol–water partition coefficient (Wildman–Crippen LogP) is 0.740. The molecule has 0 atom stereocenters. The fraction of sp³-hybridized carbons (Fsp3) is 0.429. The SMILES string of the molecule is O=C(CN1C(=O)COc2cc(O)ccc21)N1CCCC1. The molecule has 0 radical (unpaired) electrons. The third-order valence-electron chi connectivity index (χ3n) is 3.64. The maximum absolute atomic E-state index is 12.2. The number of carbonyl (C=O) groups excluding carboxylic acids is 2. The highest BCUT2D eigenvalue weighted by molar-refractivity contribution is 6.02. The zero-order chi connectivity index (χ0) is 14.1. The quantitative estimate of drug-likeness (QED) is 0.865. The summed E-state index contributed by atoms with van der Waals surface area (Å²) in [7, 11) is 0. The number of phenols is 1. The Morgan fingerprint density at radius 2 is 2.05 bits per heavy atom. The third kappa shape index (κ3) is 2.29. The average molecular weight is 276 g/mol. The number of amides is 2. The van der Waals surface area contributed by atoms with Crippen LogP contribution >= 0.6 is 0 Å². The number of rotatable bonds is 2. The number of likely N-dealkylation sites (tertiary alicyclic amines) is 1. The Kier molecular flexibility index (Phi) is 3.22. The van der Waals surface area contributed by atoms with Crippen LogP contribution in [0.25, 0.3) is 0 Å². The highest BCUT2D eigenvalue weighted by Gasteiger charge is 2.29. The molecule has 6 nitrogen and oxygen atoms in total. The van der Waals surface area contributed by atoms with E-state index in [9.17, 15) is 14.7 Å². The Morgan fingerprint density at radius 1 is 1.30 bits per heavy atom. The van der Waals surface area contributed by atoms with E-state index in [0.717, 1.165) is 25.9 Å². The first-order valence-corrected chi connectivity index (χ1v) is 6.69. The predicted molar refractivity (Wildman–Crippen MR) is 71.8 cm³/mol. The Balaban J connectivity index is 1.82. The molecule has 0 bridgehead atoms. The molecule has 2 heterocycles. The number of nitrogens with zero attached hydrogens (tertiary/aromatic N) is 2. The highest BCUT2D eigenvalue weighted by Crippen LogP contribution is 2.34. The van der Waals surface area contributed by atoms with Gasteiger partial charge < -0.3 is 14.7 Å². The molecular weight excluding hydrogens is 260 g/mol. The molecule has 1 N–H and O–H groups in total. The smallest absolute Gasteiger partial charge is 0.265 e. The van der Waals surface area contributed by atoms with Gasteiger partial charge in [0.2, 0.25) is 5.91 Å². The lowest BCUT2D eigenvalue weighted by atomic mass is 10.2. The number of ether oxygens (including phenoxy) is 1. The summed E-state index contributed by atoms with van der Waals surface area (Å²) in [6.07, 6.45) is 2.04. The second-order valence-corrected chi connectivity index (χ2v) is 5.01. The van der Waals surface area contributed by atoms with Crippen LogP contribution in [0, 0.1) is 0 Å². The van der Waals surface area contributed by atoms with Crippen molar-refractivity contribution in [2.75, 3.05) is 31.1 Å². The number of anilines is 1. The maximum atomic E-state index is 12.2. The van der Waals surface area contributed by atoms with Gasteiger partial charge in [0, 0.05) is 19.2 Å². The molecule has 2 amide bonds. The average Bonchev–Trinajstić information content (AvgIpc) is 2.96. The van der Waals surface area contributed by atoms with Gasteiger partial charge in [-0.05, 0) is 25.0 Å². The summed E-state index contributed by atoms with van der Waals surface area (Å²) in [4.78, 5) is 27.3. The van der Waals surface area contributed by atoms with Crippen LogP contribution in [-0.4, -0.2) is 48.1 Å². The third-order valence-corrected chi connectivity index (χ3v) is 3.64. The highest BCUT2D eigenvalue weighted by atomic mass is 16.5. The van der Waals surface area contributed by atoms with Gasteiger partial charge in [-0.1, -0.05) is 0 Å². The van der Waals surface area contributed by atoms with Crippen LogP contribution in [-0.2, 0) is 9.59 Å². The van der Waals surface area contributed by atoms with E-state index in [1.165, 1.54) is 17.0 Å². The summed E-state index contributed by atoms with van der Waals surface area (Å²) in [5, 5.41) is 9.44. The van der Waals surface area contributed by atoms with Gasteiger partial charge in [-0.15, -0.1) is 0 Å². The van der Waals surface area contributed by atoms with Crippen molar-refractivity contribution >= 4 is 17.5 Å². The van der Waals surface area contributed by atoms with Crippen LogP contribution in [0.3, 0.4) is 0 Å². The number of hydrogen-bond acceptors (Lipinski definition) is 4. The van der Waals surface area contributed by atoms with Crippen LogP contribution in [0.15, 0.2) is 18.2 Å². The molecule has 20 heavy (non-hydrogen) atoms. The fourth-order valence-corrected chi connectivity index (χ4v) is 2.57. The van der Waals surface area contributed by atoms with E-state index in [1.54, 1.807) is 11.0 Å². The normalized spacial score (nSPS) is 17.9. The molecule has 1 aromatic rings. The first-order chi connectivity index (χ1) is 9.65. The summed E-state index contributed by atoms with van der Waals surface area (Å²) in [5.41, 5.74) is 0.534. The number of fused-ring (bicyclic) bond motifs is 1. The summed E-state index contributed by atoms with van der Waals surface area (Å²) in [5.74, 6) is 0.218. The molecule has 1 saturated heterocycles. The van der Waals surface area contributed by atoms with E-state index < -0.39 is 0 Å². The lowest BCUT2D eigenvalue weighted by Gasteiger charge is -2.30. The second-order valence-electron chi connectivity index (χ2n) is 5.01. The van der Waals surface area contributed by atoms with Crippen LogP contribution in [0.4, 0.5) is 5.69 Å². The lowest BCUT2D eigenvalue weighted by molar-refractivity contribution is -0.131. The summed E-state index contributed by atoms with van der Waals surface area (Å²) < 4.78 is 5.28. The van der Waals surface area contributed by atoms with E-state index in [4.69, 9.17) is 4.74 Å². The van der Waals surface area contributed by atoms with Gasteiger partial charge in [-0.25, -0.2) is 0 Å². The fourth-order valence-electron chi connectivity index (χ4n) is 2.57. The number of hydrogen-bond donors (Lipinski definition) is 1. The molecule has 106 valence electrons. The van der Waals surface area contributed by atoms with Gasteiger partial charge in [0.1, 0.15) is 18.0 Å². The Hall–Kier alpha value is -2.24. The number of carbonyl (C=O) groups is 2. The largest absolute Gasteiger partial charge is 0.508 e. The van der Waals surface area contributed by atoms with Crippen molar-refractivity contribution in [3.8, 4) is 11.5 Å². The standard InChI is InChI=1S/C14H16N2O4/c17-10-3-4-11-12(7-10)20-9-14(19)16(11)8-13(18)15-5-1-2-6-15/h3-4,7,17H,1-2,5-6,8-9H2. The van der Waals surface area contributed by atoms with Gasteiger partial charge in [0.05, 0.1) is 5.69 Å². The molecule has 6 heteroatoms. The Labute approximate surface area is 116 Å². The number of benzene rings is 1. The first kappa shape index (κ1) is 12.8. The van der Waals surface area contributed by atoms with Gasteiger partial charge in [0.15, 0.2) is 6.61 Å². The van der Waals surface area contributed by atoms with Gasteiger partial charge in [-0.3, -0.25) is 14.5 Å². The van der Waals surface area contributed by atoms with E-state index in [1.807, 2.05) is 0 Å². The zero-order valence-corrected chi connectivity index (χ0v) is 11.0. The maximum Gasteiger partial charge on any atom is 0.265 e. The Morgan fingerprint density at radius 3 is 2.80 bits per heavy atom. The van der Waals surface area contributed by atoms with Crippen LogP contribution in [0.2, 0.25) is 0 Å². The molecule has 1 aromatic carbocycles. The van der Waals surface area contributed by atoms with E-state index in [2.05, 4.69) is 0 Å². The van der Waals surface area contributed by atoms with Crippen LogP contribution < -0.4 is 9.64 Å². The van der Waals surface area contributed by atoms with Crippen molar-refractivity contribution in [2.45, 2.75) is 12.8 Å². The molecule has 0 saturated carbocycles. The molecule has 0 aromatic heterocycles. The molecule has 2 aliphatic heterocycles. The topological polar surface area (TPSA) is 70.1 Å². The van der Waals surface area contributed by atoms with Crippen LogP contribution in [0.1, 0.15) is 12.8 Å². The molecule has 3 rings (SSSR count). The second kappa shape index (κ2) is 5.03. The minimum absolute atomic E-state index is 0.0277. The minimum Gasteiger partial charge on any atom is -0.508 e. The van der Waals surface area contributed by atoms with Crippen molar-refractivity contribution in [3.63, 3.8) is 0 Å². The molecule has 0 aliphatic carbocycles. The summed E-state index contributed by atoms with van der Waals surface area (Å²) in [6, 6.07) is 4.53. The van der Waals surface area contributed by atoms with E-state index >= 15 is 0 Å². The molecule has 1 fully saturated rings. The molecule has 2 aliphatic rings.